The van der Waals surface area contributed by atoms with E-state index in [0.717, 1.165) is 10.7 Å². The number of halogens is 6. The SMILES string of the molecule is Cc1cc(C(F)(F)F)n(-c2ccc(CN3C(=O)Cc4cnc(-c5cccnc5OCC(F)(F)F)nc43)cc2)n1. The van der Waals surface area contributed by atoms with Crippen LogP contribution in [0.1, 0.15) is 22.5 Å². The minimum atomic E-state index is -4.59. The van der Waals surface area contributed by atoms with Crippen molar-refractivity contribution < 1.29 is 35.9 Å². The molecule has 4 aromatic rings. The lowest BCUT2D eigenvalue weighted by atomic mass is 10.2. The van der Waals surface area contributed by atoms with Crippen LogP contribution in [0.2, 0.25) is 0 Å². The molecule has 0 saturated heterocycles. The number of carbonyl (C=O) groups excluding carboxylic acids is 1. The summed E-state index contributed by atoms with van der Waals surface area (Å²) in [6.45, 7) is -0.0357. The monoisotopic (exact) mass is 548 g/mol. The highest BCUT2D eigenvalue weighted by atomic mass is 19.4. The van der Waals surface area contributed by atoms with Gasteiger partial charge in [-0.2, -0.15) is 31.4 Å². The highest BCUT2D eigenvalue weighted by Crippen LogP contribution is 2.34. The Morgan fingerprint density at radius 3 is 2.46 bits per heavy atom. The Hall–Kier alpha value is -4.49. The van der Waals surface area contributed by atoms with Crippen LogP contribution in [-0.4, -0.2) is 43.4 Å². The quantitative estimate of drug-likeness (QED) is 0.313. The Balaban J connectivity index is 1.40. The standard InChI is InChI=1S/C25H18F6N6O2/c1-14-9-19(25(29,30)31)37(35-14)17-6-4-15(5-7-17)12-36-20(38)10-16-11-33-21(34-22(16)36)18-3-2-8-32-23(18)39-13-24(26,27)28/h2-9,11H,10,12-13H2,1H3. The topological polar surface area (TPSA) is 86.0 Å². The Kier molecular flexibility index (Phi) is 6.48. The van der Waals surface area contributed by atoms with E-state index in [-0.39, 0.29) is 53.3 Å². The Morgan fingerprint density at radius 2 is 1.77 bits per heavy atom. The van der Waals surface area contributed by atoms with Gasteiger partial charge in [0.15, 0.2) is 12.4 Å². The summed E-state index contributed by atoms with van der Waals surface area (Å²) in [4.78, 5) is 26.6. The van der Waals surface area contributed by atoms with E-state index in [1.807, 2.05) is 0 Å². The number of hydrogen-bond acceptors (Lipinski definition) is 6. The van der Waals surface area contributed by atoms with E-state index < -0.39 is 24.7 Å². The Morgan fingerprint density at radius 1 is 1.03 bits per heavy atom. The average molecular weight is 548 g/mol. The number of ether oxygens (including phenoxy) is 1. The van der Waals surface area contributed by atoms with Gasteiger partial charge in [-0.3, -0.25) is 9.69 Å². The maximum absolute atomic E-state index is 13.4. The molecular weight excluding hydrogens is 530 g/mol. The molecule has 4 heterocycles. The summed E-state index contributed by atoms with van der Waals surface area (Å²) in [6, 6.07) is 9.96. The first kappa shape index (κ1) is 26.1. The van der Waals surface area contributed by atoms with Crippen LogP contribution in [0.5, 0.6) is 5.88 Å². The number of rotatable bonds is 6. The fraction of sp³-hybridized carbons (Fsp3) is 0.240. The number of amides is 1. The summed E-state index contributed by atoms with van der Waals surface area (Å²) in [5.41, 5.74) is 0.733. The molecule has 1 aliphatic heterocycles. The van der Waals surface area contributed by atoms with Crippen LogP contribution in [0.15, 0.2) is 54.9 Å². The molecule has 0 saturated carbocycles. The van der Waals surface area contributed by atoms with E-state index in [1.54, 1.807) is 12.1 Å². The number of nitrogens with zero attached hydrogens (tertiary/aromatic N) is 6. The lowest BCUT2D eigenvalue weighted by Gasteiger charge is -2.18. The molecule has 0 N–H and O–H groups in total. The van der Waals surface area contributed by atoms with Gasteiger partial charge in [-0.05, 0) is 42.8 Å². The van der Waals surface area contributed by atoms with Gasteiger partial charge < -0.3 is 4.74 Å². The second kappa shape index (κ2) is 9.67. The Labute approximate surface area is 216 Å². The molecule has 1 aromatic carbocycles. The van der Waals surface area contributed by atoms with Gasteiger partial charge in [-0.25, -0.2) is 19.6 Å². The highest BCUT2D eigenvalue weighted by Gasteiger charge is 2.36. The van der Waals surface area contributed by atoms with Gasteiger partial charge in [0, 0.05) is 18.0 Å². The van der Waals surface area contributed by atoms with Crippen LogP contribution in [0.4, 0.5) is 32.2 Å². The molecule has 14 heteroatoms. The molecule has 202 valence electrons. The van der Waals surface area contributed by atoms with E-state index in [2.05, 4.69) is 20.1 Å². The van der Waals surface area contributed by atoms with Crippen LogP contribution >= 0.6 is 0 Å². The minimum Gasteiger partial charge on any atom is -0.467 e. The normalized spacial score (nSPS) is 13.6. The summed E-state index contributed by atoms with van der Waals surface area (Å²) in [6.07, 6.45) is -6.46. The summed E-state index contributed by atoms with van der Waals surface area (Å²) >= 11 is 0. The largest absolute Gasteiger partial charge is 0.467 e. The molecule has 3 aromatic heterocycles. The van der Waals surface area contributed by atoms with Crippen molar-refractivity contribution in [2.45, 2.75) is 32.2 Å². The predicted octanol–water partition coefficient (Wildman–Crippen LogP) is 5.08. The molecule has 0 spiro atoms. The minimum absolute atomic E-state index is 0.0136. The Bertz CT molecular complexity index is 1530. The summed E-state index contributed by atoms with van der Waals surface area (Å²) in [7, 11) is 0. The van der Waals surface area contributed by atoms with Crippen LogP contribution in [0.25, 0.3) is 17.1 Å². The highest BCUT2D eigenvalue weighted by molar-refractivity contribution is 6.00. The number of anilines is 1. The van der Waals surface area contributed by atoms with Gasteiger partial charge in [0.1, 0.15) is 11.5 Å². The molecule has 1 amide bonds. The third kappa shape index (κ3) is 5.54. The smallest absolute Gasteiger partial charge is 0.433 e. The molecule has 39 heavy (non-hydrogen) atoms. The van der Waals surface area contributed by atoms with Crippen LogP contribution in [-0.2, 0) is 23.9 Å². The van der Waals surface area contributed by atoms with Crippen molar-refractivity contribution in [2.24, 2.45) is 0 Å². The zero-order chi connectivity index (χ0) is 27.9. The average Bonchev–Trinajstić information content (AvgIpc) is 3.42. The molecule has 0 unspecified atom stereocenters. The maximum atomic E-state index is 13.4. The molecule has 5 rings (SSSR count). The van der Waals surface area contributed by atoms with Crippen molar-refractivity contribution in [1.29, 1.82) is 0 Å². The van der Waals surface area contributed by atoms with Gasteiger partial charge in [0.05, 0.1) is 29.9 Å². The molecule has 0 radical (unpaired) electrons. The van der Waals surface area contributed by atoms with Crippen LogP contribution < -0.4 is 9.64 Å². The fourth-order valence-corrected chi connectivity index (χ4v) is 4.08. The third-order valence-corrected chi connectivity index (χ3v) is 5.77. The van der Waals surface area contributed by atoms with Crippen molar-refractivity contribution in [2.75, 3.05) is 11.5 Å². The summed E-state index contributed by atoms with van der Waals surface area (Å²) in [5.74, 6) is -0.319. The van der Waals surface area contributed by atoms with Gasteiger partial charge in [-0.15, -0.1) is 0 Å². The fourth-order valence-electron chi connectivity index (χ4n) is 4.08. The van der Waals surface area contributed by atoms with E-state index >= 15 is 0 Å². The first-order chi connectivity index (χ1) is 18.4. The van der Waals surface area contributed by atoms with Gasteiger partial charge in [0.2, 0.25) is 11.8 Å². The van der Waals surface area contributed by atoms with E-state index in [4.69, 9.17) is 4.74 Å². The summed E-state index contributed by atoms with van der Waals surface area (Å²) in [5, 5.41) is 3.93. The number of aromatic nitrogens is 5. The lowest BCUT2D eigenvalue weighted by molar-refractivity contribution is -0.154. The second-order valence-electron chi connectivity index (χ2n) is 8.71. The van der Waals surface area contributed by atoms with Crippen molar-refractivity contribution >= 4 is 11.7 Å². The van der Waals surface area contributed by atoms with Crippen molar-refractivity contribution in [3.05, 3.63) is 77.4 Å². The molecule has 0 fully saturated rings. The number of hydrogen-bond donors (Lipinski definition) is 0. The third-order valence-electron chi connectivity index (χ3n) is 5.77. The molecule has 0 bridgehead atoms. The van der Waals surface area contributed by atoms with Gasteiger partial charge in [0.25, 0.3) is 0 Å². The van der Waals surface area contributed by atoms with E-state index in [9.17, 15) is 31.1 Å². The number of fused-ring (bicyclic) bond motifs is 1. The van der Waals surface area contributed by atoms with Crippen molar-refractivity contribution in [1.82, 2.24) is 24.7 Å². The zero-order valence-corrected chi connectivity index (χ0v) is 20.1. The molecule has 8 nitrogen and oxygen atoms in total. The van der Waals surface area contributed by atoms with Crippen LogP contribution in [0, 0.1) is 6.92 Å². The molecule has 0 aliphatic carbocycles. The second-order valence-corrected chi connectivity index (χ2v) is 8.71. The number of aryl methyl sites for hydroxylation is 1. The summed E-state index contributed by atoms with van der Waals surface area (Å²) < 4.78 is 83.8. The van der Waals surface area contributed by atoms with Gasteiger partial charge >= 0.3 is 12.4 Å². The lowest BCUT2D eigenvalue weighted by Crippen LogP contribution is -2.26. The van der Waals surface area contributed by atoms with E-state index in [0.29, 0.717) is 11.1 Å². The number of alkyl halides is 6. The number of pyridine rings is 1. The molecule has 0 atom stereocenters. The molecule has 1 aliphatic rings. The first-order valence-electron chi connectivity index (χ1n) is 11.4. The van der Waals surface area contributed by atoms with Crippen LogP contribution in [0.3, 0.4) is 0 Å². The first-order valence-corrected chi connectivity index (χ1v) is 11.4. The number of benzene rings is 1. The number of carbonyl (C=O) groups is 1. The van der Waals surface area contributed by atoms with Gasteiger partial charge in [-0.1, -0.05) is 12.1 Å². The zero-order valence-electron chi connectivity index (χ0n) is 20.1. The maximum Gasteiger partial charge on any atom is 0.433 e. The van der Waals surface area contributed by atoms with Crippen molar-refractivity contribution in [3.63, 3.8) is 0 Å². The van der Waals surface area contributed by atoms with Crippen molar-refractivity contribution in [3.8, 4) is 23.0 Å². The van der Waals surface area contributed by atoms with E-state index in [1.165, 1.54) is 48.5 Å². The molecular formula is C25H18F6N6O2. The predicted molar refractivity (Wildman–Crippen MR) is 125 cm³/mol.